The molecule has 0 saturated heterocycles. The molecular formula is C13H11Br3FNS. The molecule has 0 aliphatic carbocycles. The highest BCUT2D eigenvalue weighted by Gasteiger charge is 2.21. The molecule has 1 atom stereocenters. The van der Waals surface area contributed by atoms with Crippen LogP contribution in [-0.4, -0.2) is 6.54 Å². The second kappa shape index (κ2) is 6.80. The second-order valence-corrected chi connectivity index (χ2v) is 8.01. The minimum absolute atomic E-state index is 0.143. The van der Waals surface area contributed by atoms with Gasteiger partial charge in [0.2, 0.25) is 0 Å². The molecule has 2 aromatic rings. The summed E-state index contributed by atoms with van der Waals surface area (Å²) in [7, 11) is 0. The number of nitrogens with one attached hydrogen (secondary N) is 1. The molecule has 19 heavy (non-hydrogen) atoms. The van der Waals surface area contributed by atoms with Crippen LogP contribution in [0.4, 0.5) is 4.39 Å². The van der Waals surface area contributed by atoms with Crippen molar-refractivity contribution in [3.63, 3.8) is 0 Å². The van der Waals surface area contributed by atoms with Gasteiger partial charge in [0.25, 0.3) is 0 Å². The first-order valence-corrected chi connectivity index (χ1v) is 8.86. The molecule has 0 aliphatic rings. The zero-order chi connectivity index (χ0) is 14.0. The molecule has 0 spiro atoms. The fourth-order valence-electron chi connectivity index (χ4n) is 1.82. The summed E-state index contributed by atoms with van der Waals surface area (Å²) >= 11 is 11.8. The van der Waals surface area contributed by atoms with Crippen molar-refractivity contribution in [1.82, 2.24) is 5.32 Å². The van der Waals surface area contributed by atoms with Crippen LogP contribution >= 0.6 is 59.1 Å². The van der Waals surface area contributed by atoms with E-state index in [9.17, 15) is 4.39 Å². The van der Waals surface area contributed by atoms with Crippen LogP contribution < -0.4 is 5.32 Å². The van der Waals surface area contributed by atoms with E-state index in [0.717, 1.165) is 19.7 Å². The largest absolute Gasteiger partial charge is 0.306 e. The van der Waals surface area contributed by atoms with Gasteiger partial charge in [-0.25, -0.2) is 4.39 Å². The molecular weight excluding hydrogens is 461 g/mol. The molecule has 0 radical (unpaired) electrons. The third-order valence-corrected chi connectivity index (χ3v) is 6.58. The van der Waals surface area contributed by atoms with Gasteiger partial charge in [-0.2, -0.15) is 0 Å². The Morgan fingerprint density at radius 2 is 2.00 bits per heavy atom. The minimum Gasteiger partial charge on any atom is -0.306 e. The predicted molar refractivity (Wildman–Crippen MR) is 89.3 cm³/mol. The van der Waals surface area contributed by atoms with E-state index in [-0.39, 0.29) is 11.9 Å². The number of benzene rings is 1. The lowest BCUT2D eigenvalue weighted by Gasteiger charge is -2.18. The van der Waals surface area contributed by atoms with Gasteiger partial charge in [0.1, 0.15) is 5.82 Å². The zero-order valence-electron chi connectivity index (χ0n) is 10.0. The van der Waals surface area contributed by atoms with Gasteiger partial charge in [0.15, 0.2) is 0 Å². The van der Waals surface area contributed by atoms with Crippen LogP contribution in [0.5, 0.6) is 0 Å². The summed E-state index contributed by atoms with van der Waals surface area (Å²) in [4.78, 5) is 1.07. The Balaban J connectivity index is 2.48. The number of thiophene rings is 1. The quantitative estimate of drug-likeness (QED) is 0.587. The van der Waals surface area contributed by atoms with E-state index in [1.807, 2.05) is 25.1 Å². The molecule has 0 bridgehead atoms. The third-order valence-electron chi connectivity index (χ3n) is 2.65. The first-order chi connectivity index (χ1) is 9.04. The van der Waals surface area contributed by atoms with Gasteiger partial charge in [-0.3, -0.25) is 0 Å². The molecule has 0 aliphatic heterocycles. The third kappa shape index (κ3) is 3.47. The van der Waals surface area contributed by atoms with Crippen LogP contribution in [0.1, 0.15) is 23.4 Å². The van der Waals surface area contributed by atoms with E-state index in [1.54, 1.807) is 17.4 Å². The van der Waals surface area contributed by atoms with Crippen molar-refractivity contribution >= 4 is 59.1 Å². The highest BCUT2D eigenvalue weighted by molar-refractivity contribution is 9.13. The van der Waals surface area contributed by atoms with Crippen molar-refractivity contribution in [3.8, 4) is 0 Å². The van der Waals surface area contributed by atoms with Crippen LogP contribution in [0.25, 0.3) is 0 Å². The molecule has 1 N–H and O–H groups in total. The Bertz CT molecular complexity index is 566. The van der Waals surface area contributed by atoms with Gasteiger partial charge in [0, 0.05) is 14.9 Å². The molecule has 2 rings (SSSR count). The lowest BCUT2D eigenvalue weighted by Crippen LogP contribution is -2.22. The summed E-state index contributed by atoms with van der Waals surface area (Å²) in [5.41, 5.74) is 0.650. The molecule has 0 fully saturated rings. The Kier molecular flexibility index (Phi) is 5.60. The first-order valence-electron chi connectivity index (χ1n) is 5.66. The van der Waals surface area contributed by atoms with Gasteiger partial charge >= 0.3 is 0 Å². The maximum atomic E-state index is 14.3. The van der Waals surface area contributed by atoms with Gasteiger partial charge in [-0.15, -0.1) is 11.3 Å². The minimum atomic E-state index is -0.214. The van der Waals surface area contributed by atoms with E-state index in [2.05, 4.69) is 53.1 Å². The molecule has 1 heterocycles. The Labute approximate surface area is 141 Å². The topological polar surface area (TPSA) is 12.0 Å². The Morgan fingerprint density at radius 1 is 1.26 bits per heavy atom. The molecule has 1 aromatic carbocycles. The number of rotatable bonds is 4. The van der Waals surface area contributed by atoms with E-state index in [4.69, 9.17) is 0 Å². The molecule has 1 aromatic heterocycles. The summed E-state index contributed by atoms with van der Waals surface area (Å²) in [6.07, 6.45) is 0. The molecule has 102 valence electrons. The standard InChI is InChI=1S/C13H11Br3FNS/c1-2-18-12(10-6-9(15)13(16)19-10)7-4-3-5-8(14)11(7)17/h3-6,12,18H,2H2,1H3. The highest BCUT2D eigenvalue weighted by Crippen LogP contribution is 2.38. The normalized spacial score (nSPS) is 12.7. The van der Waals surface area contributed by atoms with Gasteiger partial charge in [-0.05, 0) is 66.5 Å². The average molecular weight is 472 g/mol. The smallest absolute Gasteiger partial charge is 0.142 e. The van der Waals surface area contributed by atoms with Gasteiger partial charge < -0.3 is 5.32 Å². The highest BCUT2D eigenvalue weighted by atomic mass is 79.9. The first kappa shape index (κ1) is 15.6. The molecule has 0 amide bonds. The van der Waals surface area contributed by atoms with Crippen LogP contribution in [0.3, 0.4) is 0 Å². The van der Waals surface area contributed by atoms with E-state index < -0.39 is 0 Å². The van der Waals surface area contributed by atoms with Gasteiger partial charge in [-0.1, -0.05) is 19.1 Å². The summed E-state index contributed by atoms with van der Waals surface area (Å²) in [6, 6.07) is 7.25. The van der Waals surface area contributed by atoms with Crippen LogP contribution in [0.15, 0.2) is 37.0 Å². The monoisotopic (exact) mass is 469 g/mol. The Morgan fingerprint density at radius 3 is 2.58 bits per heavy atom. The number of halogens is 4. The van der Waals surface area contributed by atoms with E-state index in [1.165, 1.54) is 0 Å². The van der Waals surface area contributed by atoms with Crippen molar-refractivity contribution in [2.75, 3.05) is 6.54 Å². The molecule has 1 unspecified atom stereocenters. The van der Waals surface area contributed by atoms with Crippen molar-refractivity contribution in [2.24, 2.45) is 0 Å². The van der Waals surface area contributed by atoms with Crippen LogP contribution in [0.2, 0.25) is 0 Å². The van der Waals surface area contributed by atoms with Crippen molar-refractivity contribution in [2.45, 2.75) is 13.0 Å². The SMILES string of the molecule is CCNC(c1cc(Br)c(Br)s1)c1cccc(Br)c1F. The number of hydrogen-bond acceptors (Lipinski definition) is 2. The Hall–Kier alpha value is 0.250. The fraction of sp³-hybridized carbons (Fsp3) is 0.231. The summed E-state index contributed by atoms with van der Waals surface area (Å²) in [6.45, 7) is 2.78. The van der Waals surface area contributed by atoms with E-state index >= 15 is 0 Å². The average Bonchev–Trinajstić information content (AvgIpc) is 2.70. The summed E-state index contributed by atoms with van der Waals surface area (Å²) in [5.74, 6) is -0.214. The van der Waals surface area contributed by atoms with E-state index in [0.29, 0.717) is 10.0 Å². The maximum absolute atomic E-state index is 14.3. The van der Waals surface area contributed by atoms with Crippen LogP contribution in [0, 0.1) is 5.82 Å². The van der Waals surface area contributed by atoms with Crippen molar-refractivity contribution in [3.05, 3.63) is 53.3 Å². The summed E-state index contributed by atoms with van der Waals surface area (Å²) in [5, 5.41) is 3.33. The lowest BCUT2D eigenvalue weighted by atomic mass is 10.0. The maximum Gasteiger partial charge on any atom is 0.142 e. The predicted octanol–water partition coefficient (Wildman–Crippen LogP) is 5.87. The molecule has 0 saturated carbocycles. The van der Waals surface area contributed by atoms with Gasteiger partial charge in [0.05, 0.1) is 14.3 Å². The van der Waals surface area contributed by atoms with Crippen LogP contribution in [-0.2, 0) is 0 Å². The fourth-order valence-corrected chi connectivity index (χ4v) is 4.38. The molecule has 1 nitrogen and oxygen atoms in total. The second-order valence-electron chi connectivity index (χ2n) is 3.90. The summed E-state index contributed by atoms with van der Waals surface area (Å²) < 4.78 is 16.8. The lowest BCUT2D eigenvalue weighted by molar-refractivity contribution is 0.559. The zero-order valence-corrected chi connectivity index (χ0v) is 15.6. The van der Waals surface area contributed by atoms with Crippen molar-refractivity contribution in [1.29, 1.82) is 0 Å². The number of hydrogen-bond donors (Lipinski definition) is 1. The molecule has 6 heteroatoms. The van der Waals surface area contributed by atoms with Crippen molar-refractivity contribution < 1.29 is 4.39 Å².